The fraction of sp³-hybridized carbons (Fsp3) is 0.333. The number of anilines is 1. The molecule has 1 N–H and O–H groups in total. The molecule has 1 heterocycles. The summed E-state index contributed by atoms with van der Waals surface area (Å²) in [5.41, 5.74) is 3.05. The number of nitrogens with one attached hydrogen (secondary N) is 1. The van der Waals surface area contributed by atoms with Crippen molar-refractivity contribution in [2.75, 3.05) is 11.9 Å². The molecular weight excluding hydrogens is 319 g/mol. The van der Waals surface area contributed by atoms with Gasteiger partial charge in [-0.2, -0.15) is 0 Å². The van der Waals surface area contributed by atoms with E-state index in [-0.39, 0.29) is 11.9 Å². The predicted molar refractivity (Wildman–Crippen MR) is 86.5 cm³/mol. The van der Waals surface area contributed by atoms with Gasteiger partial charge in [-0.3, -0.25) is 0 Å². The van der Waals surface area contributed by atoms with E-state index in [9.17, 15) is 13.2 Å². The number of rotatable bonds is 4. The molecular formula is C18H18F3NO2. The quantitative estimate of drug-likeness (QED) is 0.851. The molecule has 0 saturated carbocycles. The third kappa shape index (κ3) is 3.58. The molecule has 0 spiro atoms. The fourth-order valence-electron chi connectivity index (χ4n) is 2.82. The lowest BCUT2D eigenvalue weighted by molar-refractivity contribution is -0.274. The second-order valence-corrected chi connectivity index (χ2v) is 5.89. The molecule has 24 heavy (non-hydrogen) atoms. The van der Waals surface area contributed by atoms with E-state index in [0.29, 0.717) is 16.9 Å². The summed E-state index contributed by atoms with van der Waals surface area (Å²) in [7, 11) is 0. The standard InChI is InChI=1S/C18H18F3NO2/c1-11(2)23-15-4-3-5-16(24-18(19,20)21)17(15)13-6-7-14-12(10-13)8-9-22-14/h3-7,10-11,22H,8-9H2,1-2H3. The summed E-state index contributed by atoms with van der Waals surface area (Å²) in [4.78, 5) is 0. The van der Waals surface area contributed by atoms with Crippen molar-refractivity contribution in [2.24, 2.45) is 0 Å². The molecule has 0 bridgehead atoms. The van der Waals surface area contributed by atoms with Crippen LogP contribution in [0.25, 0.3) is 11.1 Å². The smallest absolute Gasteiger partial charge is 0.490 e. The molecule has 1 aliphatic rings. The molecule has 0 fully saturated rings. The third-order valence-corrected chi connectivity index (χ3v) is 3.68. The van der Waals surface area contributed by atoms with Gasteiger partial charge in [-0.05, 0) is 55.7 Å². The van der Waals surface area contributed by atoms with Gasteiger partial charge in [0.25, 0.3) is 0 Å². The van der Waals surface area contributed by atoms with Crippen LogP contribution in [0, 0.1) is 0 Å². The lowest BCUT2D eigenvalue weighted by Gasteiger charge is -2.19. The van der Waals surface area contributed by atoms with Gasteiger partial charge in [-0.1, -0.05) is 12.1 Å². The maximum absolute atomic E-state index is 12.8. The maximum Gasteiger partial charge on any atom is 0.573 e. The monoisotopic (exact) mass is 337 g/mol. The van der Waals surface area contributed by atoms with Crippen LogP contribution in [0.4, 0.5) is 18.9 Å². The highest BCUT2D eigenvalue weighted by molar-refractivity contribution is 5.79. The topological polar surface area (TPSA) is 30.5 Å². The SMILES string of the molecule is CC(C)Oc1cccc(OC(F)(F)F)c1-c1ccc2c(c1)CCN2. The largest absolute Gasteiger partial charge is 0.573 e. The van der Waals surface area contributed by atoms with Gasteiger partial charge in [-0.25, -0.2) is 0 Å². The Kier molecular flexibility index (Phi) is 4.30. The molecule has 0 atom stereocenters. The summed E-state index contributed by atoms with van der Waals surface area (Å²) in [5, 5.41) is 3.24. The molecule has 0 radical (unpaired) electrons. The van der Waals surface area contributed by atoms with Gasteiger partial charge < -0.3 is 14.8 Å². The van der Waals surface area contributed by atoms with Gasteiger partial charge in [0.15, 0.2) is 0 Å². The first-order valence-corrected chi connectivity index (χ1v) is 7.76. The van der Waals surface area contributed by atoms with Gasteiger partial charge in [0, 0.05) is 12.2 Å². The van der Waals surface area contributed by atoms with E-state index in [2.05, 4.69) is 10.1 Å². The lowest BCUT2D eigenvalue weighted by atomic mass is 10.00. The molecule has 0 amide bonds. The Morgan fingerprint density at radius 1 is 1.08 bits per heavy atom. The number of alkyl halides is 3. The van der Waals surface area contributed by atoms with Crippen LogP contribution in [0.15, 0.2) is 36.4 Å². The highest BCUT2D eigenvalue weighted by Crippen LogP contribution is 2.42. The first-order valence-electron chi connectivity index (χ1n) is 7.76. The normalized spacial score (nSPS) is 13.6. The van der Waals surface area contributed by atoms with Crippen molar-refractivity contribution in [3.8, 4) is 22.6 Å². The van der Waals surface area contributed by atoms with Crippen molar-refractivity contribution in [2.45, 2.75) is 32.7 Å². The van der Waals surface area contributed by atoms with Crippen molar-refractivity contribution in [3.05, 3.63) is 42.0 Å². The van der Waals surface area contributed by atoms with E-state index in [0.717, 1.165) is 24.2 Å². The van der Waals surface area contributed by atoms with Crippen molar-refractivity contribution in [3.63, 3.8) is 0 Å². The summed E-state index contributed by atoms with van der Waals surface area (Å²) in [6.45, 7) is 4.48. The van der Waals surface area contributed by atoms with Crippen molar-refractivity contribution in [1.29, 1.82) is 0 Å². The highest BCUT2D eigenvalue weighted by Gasteiger charge is 2.33. The number of hydrogen-bond donors (Lipinski definition) is 1. The average Bonchev–Trinajstić information content (AvgIpc) is 2.92. The van der Waals surface area contributed by atoms with Crippen LogP contribution in [0.3, 0.4) is 0 Å². The van der Waals surface area contributed by atoms with Gasteiger partial charge in [-0.15, -0.1) is 13.2 Å². The molecule has 0 saturated heterocycles. The van der Waals surface area contributed by atoms with Gasteiger partial charge in [0.2, 0.25) is 0 Å². The third-order valence-electron chi connectivity index (χ3n) is 3.68. The van der Waals surface area contributed by atoms with Gasteiger partial charge in [0.05, 0.1) is 11.7 Å². The Hall–Kier alpha value is -2.37. The Morgan fingerprint density at radius 2 is 1.83 bits per heavy atom. The number of benzene rings is 2. The van der Waals surface area contributed by atoms with Gasteiger partial charge >= 0.3 is 6.36 Å². The molecule has 128 valence electrons. The summed E-state index contributed by atoms with van der Waals surface area (Å²) < 4.78 is 48.3. The Bertz CT molecular complexity index is 742. The van der Waals surface area contributed by atoms with E-state index >= 15 is 0 Å². The molecule has 2 aromatic carbocycles. The van der Waals surface area contributed by atoms with E-state index in [1.807, 2.05) is 26.0 Å². The number of halogens is 3. The van der Waals surface area contributed by atoms with E-state index in [4.69, 9.17) is 4.74 Å². The zero-order valence-electron chi connectivity index (χ0n) is 13.4. The molecule has 3 rings (SSSR count). The number of fused-ring (bicyclic) bond motifs is 1. The Morgan fingerprint density at radius 3 is 2.54 bits per heavy atom. The zero-order chi connectivity index (χ0) is 17.3. The second kappa shape index (κ2) is 6.26. The van der Waals surface area contributed by atoms with Crippen molar-refractivity contribution < 1.29 is 22.6 Å². The minimum Gasteiger partial charge on any atom is -0.490 e. The zero-order valence-corrected chi connectivity index (χ0v) is 13.4. The van der Waals surface area contributed by atoms with Crippen LogP contribution >= 0.6 is 0 Å². The molecule has 0 unspecified atom stereocenters. The van der Waals surface area contributed by atoms with Crippen molar-refractivity contribution in [1.82, 2.24) is 0 Å². The molecule has 0 aromatic heterocycles. The van der Waals surface area contributed by atoms with Crippen LogP contribution in [-0.2, 0) is 6.42 Å². The predicted octanol–water partition coefficient (Wildman–Crippen LogP) is 5.01. The van der Waals surface area contributed by atoms with Crippen LogP contribution < -0.4 is 14.8 Å². The maximum atomic E-state index is 12.8. The van der Waals surface area contributed by atoms with Crippen molar-refractivity contribution >= 4 is 5.69 Å². The highest BCUT2D eigenvalue weighted by atomic mass is 19.4. The first-order chi connectivity index (χ1) is 11.3. The lowest BCUT2D eigenvalue weighted by Crippen LogP contribution is -2.18. The van der Waals surface area contributed by atoms with E-state index in [1.54, 1.807) is 12.1 Å². The minimum absolute atomic E-state index is 0.166. The Labute approximate surface area is 138 Å². The summed E-state index contributed by atoms with van der Waals surface area (Å²) in [5.74, 6) is 0.115. The minimum atomic E-state index is -4.76. The van der Waals surface area contributed by atoms with Crippen LogP contribution in [0.5, 0.6) is 11.5 Å². The molecule has 2 aromatic rings. The van der Waals surface area contributed by atoms with Gasteiger partial charge in [0.1, 0.15) is 11.5 Å². The summed E-state index contributed by atoms with van der Waals surface area (Å²) in [6.07, 6.45) is -4.09. The summed E-state index contributed by atoms with van der Waals surface area (Å²) >= 11 is 0. The van der Waals surface area contributed by atoms with Crippen LogP contribution in [0.1, 0.15) is 19.4 Å². The molecule has 0 aliphatic carbocycles. The van der Waals surface area contributed by atoms with E-state index in [1.165, 1.54) is 12.1 Å². The molecule has 1 aliphatic heterocycles. The Balaban J connectivity index is 2.11. The fourth-order valence-corrected chi connectivity index (χ4v) is 2.82. The average molecular weight is 337 g/mol. The summed E-state index contributed by atoms with van der Waals surface area (Å²) in [6, 6.07) is 10.0. The second-order valence-electron chi connectivity index (χ2n) is 5.89. The molecule has 3 nitrogen and oxygen atoms in total. The van der Waals surface area contributed by atoms with Crippen LogP contribution in [-0.4, -0.2) is 19.0 Å². The molecule has 6 heteroatoms. The number of ether oxygens (including phenoxy) is 2. The van der Waals surface area contributed by atoms with E-state index < -0.39 is 6.36 Å². The van der Waals surface area contributed by atoms with Crippen LogP contribution in [0.2, 0.25) is 0 Å². The first kappa shape index (κ1) is 16.5. The number of hydrogen-bond acceptors (Lipinski definition) is 3.